The summed E-state index contributed by atoms with van der Waals surface area (Å²) >= 11 is 0. The molecule has 0 aromatic heterocycles. The zero-order chi connectivity index (χ0) is 12.1. The fraction of sp³-hybridized carbons (Fsp3) is 0.571. The van der Waals surface area contributed by atoms with E-state index in [2.05, 4.69) is 50.4 Å². The standard InChI is InChI=1S/C14H24N2/c1-10(2)12-5-7-13(8-6-12)14(16-4)11(3)9-15/h5-8,10-11,14,16H,9,15H2,1-4H3. The second kappa shape index (κ2) is 6.02. The van der Waals surface area contributed by atoms with Crippen LogP contribution < -0.4 is 11.1 Å². The molecule has 2 atom stereocenters. The van der Waals surface area contributed by atoms with Gasteiger partial charge in [0.1, 0.15) is 0 Å². The lowest BCUT2D eigenvalue weighted by Crippen LogP contribution is -2.28. The van der Waals surface area contributed by atoms with Crippen molar-refractivity contribution in [1.29, 1.82) is 0 Å². The molecule has 0 radical (unpaired) electrons. The normalized spacial score (nSPS) is 15.1. The second-order valence-electron chi connectivity index (χ2n) is 4.80. The van der Waals surface area contributed by atoms with Gasteiger partial charge in [-0.3, -0.25) is 0 Å². The van der Waals surface area contributed by atoms with Crippen molar-refractivity contribution in [3.05, 3.63) is 35.4 Å². The van der Waals surface area contributed by atoms with Crippen molar-refractivity contribution >= 4 is 0 Å². The minimum Gasteiger partial charge on any atom is -0.330 e. The van der Waals surface area contributed by atoms with E-state index in [4.69, 9.17) is 5.73 Å². The third-order valence-corrected chi connectivity index (χ3v) is 3.21. The molecule has 1 rings (SSSR count). The van der Waals surface area contributed by atoms with Gasteiger partial charge in [0, 0.05) is 6.04 Å². The summed E-state index contributed by atoms with van der Waals surface area (Å²) in [5.41, 5.74) is 8.44. The van der Waals surface area contributed by atoms with Crippen LogP contribution in [-0.2, 0) is 0 Å². The number of rotatable bonds is 5. The Morgan fingerprint density at radius 2 is 1.56 bits per heavy atom. The summed E-state index contributed by atoms with van der Waals surface area (Å²) < 4.78 is 0. The van der Waals surface area contributed by atoms with Crippen molar-refractivity contribution in [3.8, 4) is 0 Å². The molecule has 0 aliphatic rings. The Balaban J connectivity index is 2.86. The Kier molecular flexibility index (Phi) is 4.97. The van der Waals surface area contributed by atoms with Gasteiger partial charge >= 0.3 is 0 Å². The number of hydrogen-bond acceptors (Lipinski definition) is 2. The molecule has 2 unspecified atom stereocenters. The van der Waals surface area contributed by atoms with Gasteiger partial charge in [-0.15, -0.1) is 0 Å². The third kappa shape index (κ3) is 3.06. The predicted molar refractivity (Wildman–Crippen MR) is 70.6 cm³/mol. The highest BCUT2D eigenvalue weighted by Crippen LogP contribution is 2.23. The Morgan fingerprint density at radius 3 is 1.94 bits per heavy atom. The molecular formula is C14H24N2. The minimum absolute atomic E-state index is 0.353. The summed E-state index contributed by atoms with van der Waals surface area (Å²) in [7, 11) is 1.99. The van der Waals surface area contributed by atoms with Crippen LogP contribution in [0.15, 0.2) is 24.3 Å². The number of nitrogens with one attached hydrogen (secondary N) is 1. The van der Waals surface area contributed by atoms with Gasteiger partial charge in [0.05, 0.1) is 0 Å². The van der Waals surface area contributed by atoms with Gasteiger partial charge in [0.2, 0.25) is 0 Å². The fourth-order valence-electron chi connectivity index (χ4n) is 2.00. The lowest BCUT2D eigenvalue weighted by Gasteiger charge is -2.23. The first kappa shape index (κ1) is 13.2. The molecule has 1 aromatic carbocycles. The summed E-state index contributed by atoms with van der Waals surface area (Å²) in [6.45, 7) is 7.31. The third-order valence-electron chi connectivity index (χ3n) is 3.21. The van der Waals surface area contributed by atoms with E-state index in [0.717, 1.165) is 0 Å². The van der Waals surface area contributed by atoms with Gasteiger partial charge in [-0.05, 0) is 36.6 Å². The number of hydrogen-bond donors (Lipinski definition) is 2. The van der Waals surface area contributed by atoms with Gasteiger partial charge in [0.15, 0.2) is 0 Å². The maximum absolute atomic E-state index is 5.72. The minimum atomic E-state index is 0.353. The summed E-state index contributed by atoms with van der Waals surface area (Å²) in [6, 6.07) is 9.21. The highest BCUT2D eigenvalue weighted by Gasteiger charge is 2.15. The molecule has 0 spiro atoms. The monoisotopic (exact) mass is 220 g/mol. The van der Waals surface area contributed by atoms with Crippen LogP contribution in [0, 0.1) is 5.92 Å². The highest BCUT2D eigenvalue weighted by molar-refractivity contribution is 5.27. The lowest BCUT2D eigenvalue weighted by molar-refractivity contribution is 0.419. The van der Waals surface area contributed by atoms with Crippen LogP contribution >= 0.6 is 0 Å². The zero-order valence-electron chi connectivity index (χ0n) is 10.8. The van der Waals surface area contributed by atoms with E-state index in [1.807, 2.05) is 7.05 Å². The molecule has 16 heavy (non-hydrogen) atoms. The molecule has 1 aromatic rings. The van der Waals surface area contributed by atoms with Crippen LogP contribution in [0.2, 0.25) is 0 Å². The van der Waals surface area contributed by atoms with Gasteiger partial charge < -0.3 is 11.1 Å². The van der Waals surface area contributed by atoms with Crippen LogP contribution in [-0.4, -0.2) is 13.6 Å². The van der Waals surface area contributed by atoms with Crippen LogP contribution in [0.1, 0.15) is 43.9 Å². The predicted octanol–water partition coefficient (Wildman–Crippen LogP) is 2.67. The lowest BCUT2D eigenvalue weighted by atomic mass is 9.92. The molecule has 0 fully saturated rings. The van der Waals surface area contributed by atoms with Gasteiger partial charge in [0.25, 0.3) is 0 Å². The average Bonchev–Trinajstić information content (AvgIpc) is 2.30. The van der Waals surface area contributed by atoms with Crippen molar-refractivity contribution in [3.63, 3.8) is 0 Å². The molecule has 2 nitrogen and oxygen atoms in total. The smallest absolute Gasteiger partial charge is 0.0355 e. The maximum atomic E-state index is 5.72. The molecule has 0 saturated carbocycles. The number of nitrogens with two attached hydrogens (primary N) is 1. The summed E-state index contributed by atoms with van der Waals surface area (Å²) in [5, 5.41) is 3.34. The Hall–Kier alpha value is -0.860. The molecule has 0 bridgehead atoms. The number of benzene rings is 1. The molecule has 2 heteroatoms. The molecule has 3 N–H and O–H groups in total. The average molecular weight is 220 g/mol. The molecule has 0 heterocycles. The topological polar surface area (TPSA) is 38.0 Å². The molecule has 0 saturated heterocycles. The van der Waals surface area contributed by atoms with E-state index in [9.17, 15) is 0 Å². The van der Waals surface area contributed by atoms with Crippen LogP contribution in [0.3, 0.4) is 0 Å². The van der Waals surface area contributed by atoms with Gasteiger partial charge in [-0.25, -0.2) is 0 Å². The van der Waals surface area contributed by atoms with E-state index < -0.39 is 0 Å². The van der Waals surface area contributed by atoms with E-state index in [0.29, 0.717) is 24.4 Å². The van der Waals surface area contributed by atoms with E-state index in [1.165, 1.54) is 11.1 Å². The summed E-state index contributed by atoms with van der Waals surface area (Å²) in [4.78, 5) is 0. The van der Waals surface area contributed by atoms with Gasteiger partial charge in [-0.1, -0.05) is 45.0 Å². The fourth-order valence-corrected chi connectivity index (χ4v) is 2.00. The molecule has 0 amide bonds. The van der Waals surface area contributed by atoms with Crippen LogP contribution in [0.5, 0.6) is 0 Å². The summed E-state index contributed by atoms with van der Waals surface area (Å²) in [6.07, 6.45) is 0. The molecule has 0 aliphatic heterocycles. The maximum Gasteiger partial charge on any atom is 0.0355 e. The Labute approximate surface area is 99.2 Å². The van der Waals surface area contributed by atoms with Crippen molar-refractivity contribution in [2.24, 2.45) is 11.7 Å². The Morgan fingerprint density at radius 1 is 1.06 bits per heavy atom. The van der Waals surface area contributed by atoms with E-state index in [-0.39, 0.29) is 0 Å². The van der Waals surface area contributed by atoms with Crippen molar-refractivity contribution < 1.29 is 0 Å². The second-order valence-corrected chi connectivity index (χ2v) is 4.80. The highest BCUT2D eigenvalue weighted by atomic mass is 14.9. The molecule has 90 valence electrons. The first-order chi connectivity index (χ1) is 7.60. The van der Waals surface area contributed by atoms with E-state index in [1.54, 1.807) is 0 Å². The first-order valence-electron chi connectivity index (χ1n) is 6.07. The quantitative estimate of drug-likeness (QED) is 0.800. The van der Waals surface area contributed by atoms with Gasteiger partial charge in [-0.2, -0.15) is 0 Å². The molecule has 0 aliphatic carbocycles. The summed E-state index contributed by atoms with van der Waals surface area (Å²) in [5.74, 6) is 1.05. The molecular weight excluding hydrogens is 196 g/mol. The SMILES string of the molecule is CNC(c1ccc(C(C)C)cc1)C(C)CN. The van der Waals surface area contributed by atoms with Crippen LogP contribution in [0.4, 0.5) is 0 Å². The largest absolute Gasteiger partial charge is 0.330 e. The zero-order valence-corrected chi connectivity index (χ0v) is 10.8. The van der Waals surface area contributed by atoms with E-state index >= 15 is 0 Å². The van der Waals surface area contributed by atoms with Crippen molar-refractivity contribution in [2.45, 2.75) is 32.7 Å². The van der Waals surface area contributed by atoms with Crippen molar-refractivity contribution in [2.75, 3.05) is 13.6 Å². The Bertz CT molecular complexity index is 303. The van der Waals surface area contributed by atoms with Crippen molar-refractivity contribution in [1.82, 2.24) is 5.32 Å². The van der Waals surface area contributed by atoms with Crippen LogP contribution in [0.25, 0.3) is 0 Å². The first-order valence-corrected chi connectivity index (χ1v) is 6.07.